The van der Waals surface area contributed by atoms with Gasteiger partial charge in [-0.3, -0.25) is 0 Å². The highest BCUT2D eigenvalue weighted by Crippen LogP contribution is 2.11. The molecule has 0 heterocycles. The third-order valence-electron chi connectivity index (χ3n) is 1.27. The molecular weight excluding hydrogens is 146 g/mol. The van der Waals surface area contributed by atoms with Crippen LogP contribution in [0.1, 0.15) is 0 Å². The molecule has 0 aliphatic rings. The maximum absolute atomic E-state index is 12.3. The van der Waals surface area contributed by atoms with Gasteiger partial charge < -0.3 is 0 Å². The molecule has 0 aliphatic heterocycles. The molecule has 52 valence electrons. The third-order valence-corrected chi connectivity index (χ3v) is 2.45. The van der Waals surface area contributed by atoms with Crippen molar-refractivity contribution in [3.05, 3.63) is 30.1 Å². The van der Waals surface area contributed by atoms with E-state index >= 15 is 0 Å². The highest BCUT2D eigenvalue weighted by molar-refractivity contribution is 7.62. The highest BCUT2D eigenvalue weighted by atomic mass is 31.1. The smallest absolute Gasteiger partial charge is 0.147 e. The molecule has 1 rings (SSSR count). The molecule has 0 nitrogen and oxygen atoms in total. The fraction of sp³-hybridized carbons (Fsp3) is 0.125. The average molecular weight is 155 g/mol. The van der Waals surface area contributed by atoms with Crippen LogP contribution < -0.4 is 5.30 Å². The van der Waals surface area contributed by atoms with E-state index in [1.54, 1.807) is 12.1 Å². The van der Waals surface area contributed by atoms with Gasteiger partial charge in [-0.25, -0.2) is 4.39 Å². The molecule has 1 atom stereocenters. The zero-order valence-corrected chi connectivity index (χ0v) is 6.74. The van der Waals surface area contributed by atoms with Crippen molar-refractivity contribution in [2.24, 2.45) is 0 Å². The van der Waals surface area contributed by atoms with Crippen molar-refractivity contribution in [3.63, 3.8) is 0 Å². The first-order valence-corrected chi connectivity index (χ1v) is 4.97. The van der Waals surface area contributed by atoms with E-state index in [9.17, 15) is 4.39 Å². The minimum atomic E-state index is -0.325. The first kappa shape index (κ1) is 7.43. The number of halogens is 1. The Morgan fingerprint density at radius 2 is 1.80 bits per heavy atom. The predicted molar refractivity (Wildman–Crippen MR) is 46.0 cm³/mol. The van der Waals surface area contributed by atoms with Gasteiger partial charge in [-0.1, -0.05) is 0 Å². The standard InChI is InChI=1S/C8H9FP/c1-10(2)8-5-3-7(9)4-6-8/h3-6H,1H2,2H3/q+1. The third kappa shape index (κ3) is 1.65. The Balaban J connectivity index is 3.00. The largest absolute Gasteiger partial charge is 0.207 e. The highest BCUT2D eigenvalue weighted by Gasteiger charge is 2.01. The second-order valence-electron chi connectivity index (χ2n) is 2.17. The van der Waals surface area contributed by atoms with Crippen molar-refractivity contribution < 1.29 is 4.39 Å². The van der Waals surface area contributed by atoms with Crippen LogP contribution in [0.15, 0.2) is 24.3 Å². The minimum absolute atomic E-state index is 0.180. The zero-order valence-electron chi connectivity index (χ0n) is 5.84. The van der Waals surface area contributed by atoms with Crippen molar-refractivity contribution in [1.82, 2.24) is 0 Å². The van der Waals surface area contributed by atoms with Crippen LogP contribution in [-0.4, -0.2) is 13.0 Å². The van der Waals surface area contributed by atoms with Crippen LogP contribution in [-0.2, 0) is 0 Å². The van der Waals surface area contributed by atoms with Crippen LogP contribution in [0.4, 0.5) is 4.39 Å². The summed E-state index contributed by atoms with van der Waals surface area (Å²) in [4.78, 5) is 0. The Hall–Kier alpha value is -0.680. The van der Waals surface area contributed by atoms with Gasteiger partial charge in [-0.2, -0.15) is 0 Å². The Kier molecular flexibility index (Phi) is 2.18. The molecule has 0 spiro atoms. The van der Waals surface area contributed by atoms with Crippen molar-refractivity contribution in [2.75, 3.05) is 6.66 Å². The Morgan fingerprint density at radius 3 is 2.20 bits per heavy atom. The van der Waals surface area contributed by atoms with Crippen LogP contribution in [0.25, 0.3) is 0 Å². The maximum Gasteiger partial charge on any atom is 0.147 e. The second-order valence-corrected chi connectivity index (χ2v) is 4.09. The van der Waals surface area contributed by atoms with E-state index in [1.165, 1.54) is 12.1 Å². The van der Waals surface area contributed by atoms with Crippen molar-refractivity contribution in [3.8, 4) is 0 Å². The van der Waals surface area contributed by atoms with Gasteiger partial charge >= 0.3 is 0 Å². The van der Waals surface area contributed by atoms with Crippen LogP contribution in [0.5, 0.6) is 0 Å². The van der Waals surface area contributed by atoms with E-state index in [1.807, 2.05) is 6.66 Å². The molecule has 10 heavy (non-hydrogen) atoms. The molecule has 0 fully saturated rings. The van der Waals surface area contributed by atoms with Gasteiger partial charge in [0.2, 0.25) is 0 Å². The molecule has 0 aliphatic carbocycles. The maximum atomic E-state index is 12.3. The number of hydrogen-bond acceptors (Lipinski definition) is 0. The zero-order chi connectivity index (χ0) is 7.56. The van der Waals surface area contributed by atoms with E-state index in [-0.39, 0.29) is 13.4 Å². The Bertz CT molecular complexity index is 238. The molecule has 0 N–H and O–H groups in total. The topological polar surface area (TPSA) is 0 Å². The quantitative estimate of drug-likeness (QED) is 0.544. The molecular formula is C8H9FP+. The van der Waals surface area contributed by atoms with Gasteiger partial charge in [-0.05, 0) is 24.3 Å². The van der Waals surface area contributed by atoms with E-state index in [2.05, 4.69) is 6.30 Å². The predicted octanol–water partition coefficient (Wildman–Crippen LogP) is 1.99. The molecule has 1 unspecified atom stereocenters. The van der Waals surface area contributed by atoms with Gasteiger partial charge in [0, 0.05) is 0 Å². The molecule has 0 bridgehead atoms. The Morgan fingerprint density at radius 1 is 1.30 bits per heavy atom. The van der Waals surface area contributed by atoms with Crippen LogP contribution in [0.2, 0.25) is 0 Å². The molecule has 0 saturated carbocycles. The summed E-state index contributed by atoms with van der Waals surface area (Å²) in [6.45, 7) is 2.04. The lowest BCUT2D eigenvalue weighted by molar-refractivity contribution is 0.628. The van der Waals surface area contributed by atoms with E-state index < -0.39 is 0 Å². The lowest BCUT2D eigenvalue weighted by atomic mass is 10.4. The number of hydrogen-bond donors (Lipinski definition) is 0. The first-order valence-electron chi connectivity index (χ1n) is 3.00. The fourth-order valence-electron chi connectivity index (χ4n) is 0.696. The monoisotopic (exact) mass is 155 g/mol. The molecule has 2 heteroatoms. The van der Waals surface area contributed by atoms with Crippen molar-refractivity contribution >= 4 is 19.1 Å². The molecule has 0 amide bonds. The Labute approximate surface area is 61.1 Å². The van der Waals surface area contributed by atoms with Crippen LogP contribution in [0.3, 0.4) is 0 Å². The van der Waals surface area contributed by atoms with Crippen molar-refractivity contribution in [2.45, 2.75) is 0 Å². The molecule has 1 aromatic carbocycles. The summed E-state index contributed by atoms with van der Waals surface area (Å²) >= 11 is 0. The van der Waals surface area contributed by atoms with E-state index in [4.69, 9.17) is 0 Å². The summed E-state index contributed by atoms with van der Waals surface area (Å²) in [5.74, 6) is -0.180. The normalized spacial score (nSPS) is 11.2. The summed E-state index contributed by atoms with van der Waals surface area (Å²) in [6.07, 6.45) is 3.88. The number of rotatable bonds is 1. The summed E-state index contributed by atoms with van der Waals surface area (Å²) in [5, 5.41) is 1.14. The average Bonchev–Trinajstić information content (AvgIpc) is 1.88. The SMILES string of the molecule is C=[P+](C)c1ccc(F)cc1. The minimum Gasteiger partial charge on any atom is -0.207 e. The lowest BCUT2D eigenvalue weighted by Crippen LogP contribution is -1.93. The van der Waals surface area contributed by atoms with E-state index in [0.29, 0.717) is 0 Å². The summed E-state index contributed by atoms with van der Waals surface area (Å²) in [6, 6.07) is 6.51. The molecule has 0 radical (unpaired) electrons. The summed E-state index contributed by atoms with van der Waals surface area (Å²) in [5.41, 5.74) is 0. The van der Waals surface area contributed by atoms with Crippen LogP contribution in [0, 0.1) is 5.82 Å². The van der Waals surface area contributed by atoms with Gasteiger partial charge in [0.05, 0.1) is 6.30 Å². The molecule has 0 saturated heterocycles. The van der Waals surface area contributed by atoms with Crippen molar-refractivity contribution in [1.29, 1.82) is 0 Å². The van der Waals surface area contributed by atoms with Gasteiger partial charge in [0.15, 0.2) is 0 Å². The second kappa shape index (κ2) is 2.94. The summed E-state index contributed by atoms with van der Waals surface area (Å²) < 4.78 is 12.3. The number of benzene rings is 1. The fourth-order valence-corrected chi connectivity index (χ4v) is 1.35. The van der Waals surface area contributed by atoms with Gasteiger partial charge in [0.1, 0.15) is 25.3 Å². The molecule has 1 aromatic rings. The van der Waals surface area contributed by atoms with Gasteiger partial charge in [0.25, 0.3) is 0 Å². The summed E-state index contributed by atoms with van der Waals surface area (Å²) in [7, 11) is -0.325. The van der Waals surface area contributed by atoms with E-state index in [0.717, 1.165) is 5.30 Å². The first-order chi connectivity index (χ1) is 4.70. The molecule has 0 aromatic heterocycles. The van der Waals surface area contributed by atoms with Crippen LogP contribution >= 0.6 is 7.55 Å². The van der Waals surface area contributed by atoms with Gasteiger partial charge in [-0.15, -0.1) is 0 Å². The lowest BCUT2D eigenvalue weighted by Gasteiger charge is -1.87.